The minimum Gasteiger partial charge on any atom is -0.465 e. The van der Waals surface area contributed by atoms with E-state index in [-0.39, 0.29) is 16.7 Å². The van der Waals surface area contributed by atoms with Gasteiger partial charge in [0, 0.05) is 0 Å². The van der Waals surface area contributed by atoms with Crippen molar-refractivity contribution in [2.45, 2.75) is 89.9 Å². The van der Waals surface area contributed by atoms with Gasteiger partial charge >= 0.3 is 5.97 Å². The molecule has 4 unspecified atom stereocenters. The van der Waals surface area contributed by atoms with Gasteiger partial charge in [-0.05, 0) is 78.9 Å². The summed E-state index contributed by atoms with van der Waals surface area (Å²) in [5.74, 6) is -1.63. The van der Waals surface area contributed by atoms with Gasteiger partial charge in [-0.1, -0.05) is 57.9 Å². The first-order valence-electron chi connectivity index (χ1n) is 13.1. The maximum atomic E-state index is 15.0. The second-order valence-electron chi connectivity index (χ2n) is 10.6. The molecule has 4 atom stereocenters. The van der Waals surface area contributed by atoms with Crippen LogP contribution in [0.25, 0.3) is 10.8 Å². The predicted molar refractivity (Wildman–Crippen MR) is 129 cm³/mol. The van der Waals surface area contributed by atoms with Crippen LogP contribution in [0.15, 0.2) is 18.2 Å². The Morgan fingerprint density at radius 1 is 0.912 bits per heavy atom. The van der Waals surface area contributed by atoms with Crippen molar-refractivity contribution >= 4 is 16.7 Å². The Balaban J connectivity index is 1.44. The Hall–Kier alpha value is -2.04. The molecule has 0 heterocycles. The lowest BCUT2D eigenvalue weighted by molar-refractivity contribution is 0.0590. The van der Waals surface area contributed by atoms with Crippen molar-refractivity contribution in [3.8, 4) is 0 Å². The summed E-state index contributed by atoms with van der Waals surface area (Å²) in [5.41, 5.74) is -0.0320. The van der Waals surface area contributed by atoms with Gasteiger partial charge in [0.15, 0.2) is 5.82 Å². The number of carbonyl (C=O) groups is 1. The van der Waals surface area contributed by atoms with Gasteiger partial charge in [-0.2, -0.15) is 0 Å². The maximum absolute atomic E-state index is 15.0. The van der Waals surface area contributed by atoms with E-state index in [2.05, 4.69) is 11.7 Å². The number of rotatable bonds is 8. The molecule has 186 valence electrons. The summed E-state index contributed by atoms with van der Waals surface area (Å²) in [4.78, 5) is 11.8. The van der Waals surface area contributed by atoms with E-state index in [1.807, 2.05) is 0 Å². The summed E-state index contributed by atoms with van der Waals surface area (Å²) in [7, 11) is 1.04. The Kier molecular flexibility index (Phi) is 8.21. The van der Waals surface area contributed by atoms with Crippen LogP contribution in [0.5, 0.6) is 0 Å². The highest BCUT2D eigenvalue weighted by atomic mass is 19.1. The molecule has 0 amide bonds. The highest BCUT2D eigenvalue weighted by Crippen LogP contribution is 2.49. The van der Waals surface area contributed by atoms with Crippen LogP contribution in [0.4, 0.5) is 13.2 Å². The molecule has 2 aliphatic carbocycles. The third kappa shape index (κ3) is 5.28. The third-order valence-electron chi connectivity index (χ3n) is 8.40. The Morgan fingerprint density at radius 3 is 2.41 bits per heavy atom. The Labute approximate surface area is 201 Å². The highest BCUT2D eigenvalue weighted by molar-refractivity contribution is 5.96. The van der Waals surface area contributed by atoms with Gasteiger partial charge in [0.2, 0.25) is 0 Å². The van der Waals surface area contributed by atoms with Gasteiger partial charge in [0.25, 0.3) is 0 Å². The SMILES string of the molecule is CCCCCCCC1CCC2CC(c3cc(F)c4c(F)c(C(=O)OC)c(F)cc4c3)CCC2C1. The molecular weight excluding hydrogens is 437 g/mol. The Morgan fingerprint density at radius 2 is 1.65 bits per heavy atom. The zero-order valence-electron chi connectivity index (χ0n) is 20.5. The molecule has 2 aromatic rings. The molecular formula is C29H37F3O2. The van der Waals surface area contributed by atoms with E-state index < -0.39 is 29.0 Å². The number of hydrogen-bond donors (Lipinski definition) is 0. The van der Waals surface area contributed by atoms with Gasteiger partial charge in [-0.25, -0.2) is 18.0 Å². The second kappa shape index (κ2) is 11.1. The van der Waals surface area contributed by atoms with Crippen molar-refractivity contribution in [3.05, 3.63) is 46.8 Å². The quantitative estimate of drug-likeness (QED) is 0.282. The van der Waals surface area contributed by atoms with Gasteiger partial charge in [-0.15, -0.1) is 0 Å². The van der Waals surface area contributed by atoms with Gasteiger partial charge in [0.05, 0.1) is 12.5 Å². The van der Waals surface area contributed by atoms with Crippen molar-refractivity contribution in [2.24, 2.45) is 17.8 Å². The van der Waals surface area contributed by atoms with Gasteiger partial charge < -0.3 is 4.74 Å². The summed E-state index contributed by atoms with van der Waals surface area (Å²) < 4.78 is 48.8. The fourth-order valence-corrected chi connectivity index (χ4v) is 6.55. The van der Waals surface area contributed by atoms with E-state index in [0.717, 1.165) is 49.8 Å². The topological polar surface area (TPSA) is 26.3 Å². The lowest BCUT2D eigenvalue weighted by atomic mass is 9.63. The molecule has 5 heteroatoms. The van der Waals surface area contributed by atoms with Crippen LogP contribution in [-0.4, -0.2) is 13.1 Å². The summed E-state index contributed by atoms with van der Waals surface area (Å²) in [6, 6.07) is 4.14. The molecule has 4 rings (SSSR count). The van der Waals surface area contributed by atoms with Crippen LogP contribution in [0, 0.1) is 35.2 Å². The lowest BCUT2D eigenvalue weighted by Crippen LogP contribution is -2.30. The Bertz CT molecular complexity index is 1020. The molecule has 2 aromatic carbocycles. The van der Waals surface area contributed by atoms with Gasteiger partial charge in [0.1, 0.15) is 17.2 Å². The number of hydrogen-bond acceptors (Lipinski definition) is 2. The van der Waals surface area contributed by atoms with E-state index in [1.54, 1.807) is 6.07 Å². The molecule has 2 nitrogen and oxygen atoms in total. The molecule has 2 fully saturated rings. The third-order valence-corrected chi connectivity index (χ3v) is 8.40. The molecule has 0 N–H and O–H groups in total. The van der Waals surface area contributed by atoms with Crippen LogP contribution in [0.2, 0.25) is 0 Å². The maximum Gasteiger partial charge on any atom is 0.343 e. The van der Waals surface area contributed by atoms with E-state index in [9.17, 15) is 13.6 Å². The first kappa shape index (κ1) is 25.1. The van der Waals surface area contributed by atoms with E-state index in [1.165, 1.54) is 63.9 Å². The molecule has 34 heavy (non-hydrogen) atoms. The minimum absolute atomic E-state index is 0.159. The largest absolute Gasteiger partial charge is 0.465 e. The van der Waals surface area contributed by atoms with Crippen molar-refractivity contribution in [1.29, 1.82) is 0 Å². The predicted octanol–water partition coefficient (Wildman–Crippen LogP) is 8.70. The van der Waals surface area contributed by atoms with Crippen LogP contribution in [-0.2, 0) is 4.74 Å². The summed E-state index contributed by atoms with van der Waals surface area (Å²) in [5, 5.41) is -0.190. The van der Waals surface area contributed by atoms with Crippen molar-refractivity contribution in [1.82, 2.24) is 0 Å². The second-order valence-corrected chi connectivity index (χ2v) is 10.6. The highest BCUT2D eigenvalue weighted by Gasteiger charge is 2.36. The first-order valence-corrected chi connectivity index (χ1v) is 13.1. The number of unbranched alkanes of at least 4 members (excludes halogenated alkanes) is 4. The van der Waals surface area contributed by atoms with E-state index in [0.29, 0.717) is 5.92 Å². The van der Waals surface area contributed by atoms with E-state index >= 15 is 4.39 Å². The number of esters is 1. The van der Waals surface area contributed by atoms with Crippen LogP contribution in [0.3, 0.4) is 0 Å². The number of halogens is 3. The zero-order chi connectivity index (χ0) is 24.2. The van der Waals surface area contributed by atoms with E-state index in [4.69, 9.17) is 0 Å². The molecule has 2 aliphatic rings. The monoisotopic (exact) mass is 474 g/mol. The molecule has 0 saturated heterocycles. The van der Waals surface area contributed by atoms with Crippen molar-refractivity contribution < 1.29 is 22.7 Å². The lowest BCUT2D eigenvalue weighted by Gasteiger charge is -2.42. The zero-order valence-corrected chi connectivity index (χ0v) is 20.5. The normalized spacial score (nSPS) is 24.7. The van der Waals surface area contributed by atoms with Gasteiger partial charge in [-0.3, -0.25) is 0 Å². The fourth-order valence-electron chi connectivity index (χ4n) is 6.55. The molecule has 0 aliphatic heterocycles. The number of fused-ring (bicyclic) bond motifs is 2. The van der Waals surface area contributed by atoms with Crippen molar-refractivity contribution in [3.63, 3.8) is 0 Å². The number of ether oxygens (including phenoxy) is 1. The minimum atomic E-state index is -1.19. The molecule has 2 saturated carbocycles. The summed E-state index contributed by atoms with van der Waals surface area (Å²) in [6.45, 7) is 2.25. The molecule has 0 bridgehead atoms. The molecule has 0 aromatic heterocycles. The molecule has 0 spiro atoms. The first-order chi connectivity index (χ1) is 16.4. The molecule has 0 radical (unpaired) electrons. The number of benzene rings is 2. The average molecular weight is 475 g/mol. The fraction of sp³-hybridized carbons (Fsp3) is 0.621. The van der Waals surface area contributed by atoms with Crippen LogP contribution in [0.1, 0.15) is 106 Å². The number of methoxy groups -OCH3 is 1. The number of carbonyl (C=O) groups excluding carboxylic acids is 1. The average Bonchev–Trinajstić information content (AvgIpc) is 2.82. The smallest absolute Gasteiger partial charge is 0.343 e. The van der Waals surface area contributed by atoms with Crippen molar-refractivity contribution in [2.75, 3.05) is 7.11 Å². The summed E-state index contributed by atoms with van der Waals surface area (Å²) >= 11 is 0. The standard InChI is InChI=1S/C29H37F3O2/c1-3-4-5-6-7-8-18-9-10-20-14-21(12-11-19(20)13-18)22-15-23-17-25(31)27(29(33)34-2)28(32)26(23)24(30)16-22/h15-21H,3-14H2,1-2H3. The van der Waals surface area contributed by atoms with Crippen LogP contribution >= 0.6 is 0 Å². The van der Waals surface area contributed by atoms with Crippen LogP contribution < -0.4 is 0 Å². The summed E-state index contributed by atoms with van der Waals surface area (Å²) in [6.07, 6.45) is 15.1.